The highest BCUT2D eigenvalue weighted by Gasteiger charge is 2.54. The van der Waals surface area contributed by atoms with Gasteiger partial charge < -0.3 is 10.2 Å². The molecule has 0 unspecified atom stereocenters. The predicted octanol–water partition coefficient (Wildman–Crippen LogP) is 3.65. The molecule has 4 fully saturated rings. The van der Waals surface area contributed by atoms with Gasteiger partial charge in [0.15, 0.2) is 0 Å². The van der Waals surface area contributed by atoms with Crippen molar-refractivity contribution in [3.63, 3.8) is 0 Å². The van der Waals surface area contributed by atoms with Gasteiger partial charge in [0.25, 0.3) is 0 Å². The first-order valence-electron chi connectivity index (χ1n) is 10.3. The predicted molar refractivity (Wildman–Crippen MR) is 101 cm³/mol. The average molecular weight is 390 g/mol. The van der Waals surface area contributed by atoms with Crippen LogP contribution in [0.2, 0.25) is 0 Å². The second-order valence-corrected chi connectivity index (χ2v) is 9.19. The summed E-state index contributed by atoms with van der Waals surface area (Å²) in [5.41, 5.74) is 0.0656. The lowest BCUT2D eigenvalue weighted by Crippen LogP contribution is -2.53. The summed E-state index contributed by atoms with van der Waals surface area (Å²) in [5.74, 6) is 0.764. The first-order chi connectivity index (χ1) is 13.3. The molecule has 5 rings (SSSR count). The van der Waals surface area contributed by atoms with E-state index in [0.717, 1.165) is 25.3 Å². The third kappa shape index (κ3) is 3.78. The maximum Gasteiger partial charge on any atom is 0.226 e. The van der Waals surface area contributed by atoms with E-state index in [1.807, 2.05) is 0 Å². The molecule has 4 bridgehead atoms. The van der Waals surface area contributed by atoms with Gasteiger partial charge in [0.05, 0.1) is 0 Å². The van der Waals surface area contributed by atoms with Gasteiger partial charge in [-0.25, -0.2) is 8.78 Å². The summed E-state index contributed by atoms with van der Waals surface area (Å²) in [6.07, 6.45) is 7.05. The Balaban J connectivity index is 1.26. The van der Waals surface area contributed by atoms with Gasteiger partial charge in [-0.1, -0.05) is 6.07 Å². The van der Waals surface area contributed by atoms with Crippen molar-refractivity contribution >= 4 is 11.8 Å². The molecule has 4 saturated carbocycles. The number of hydrogen-bond acceptors (Lipinski definition) is 2. The maximum atomic E-state index is 13.8. The number of amides is 2. The second kappa shape index (κ2) is 7.45. The third-order valence-electron chi connectivity index (χ3n) is 6.99. The van der Waals surface area contributed by atoms with Crippen molar-refractivity contribution in [2.75, 3.05) is 13.6 Å². The van der Waals surface area contributed by atoms with E-state index in [1.54, 1.807) is 7.05 Å². The second-order valence-electron chi connectivity index (χ2n) is 9.19. The van der Waals surface area contributed by atoms with E-state index in [0.29, 0.717) is 24.3 Å². The number of carbonyl (C=O) groups excluding carboxylic acids is 2. The third-order valence-corrected chi connectivity index (χ3v) is 6.99. The first-order valence-corrected chi connectivity index (χ1v) is 10.3. The van der Waals surface area contributed by atoms with Crippen LogP contribution in [0.15, 0.2) is 18.2 Å². The topological polar surface area (TPSA) is 49.4 Å². The van der Waals surface area contributed by atoms with Gasteiger partial charge in [0.1, 0.15) is 11.6 Å². The fourth-order valence-corrected chi connectivity index (χ4v) is 6.04. The van der Waals surface area contributed by atoms with Crippen LogP contribution in [0.25, 0.3) is 0 Å². The number of halogens is 2. The summed E-state index contributed by atoms with van der Waals surface area (Å²) >= 11 is 0. The monoisotopic (exact) mass is 390 g/mol. The summed E-state index contributed by atoms with van der Waals surface area (Å²) in [6, 6.07) is 3.35. The van der Waals surface area contributed by atoms with Gasteiger partial charge in [-0.15, -0.1) is 0 Å². The van der Waals surface area contributed by atoms with Gasteiger partial charge in [-0.3, -0.25) is 9.59 Å². The molecule has 6 heteroatoms. The van der Waals surface area contributed by atoms with Gasteiger partial charge in [-0.2, -0.15) is 0 Å². The van der Waals surface area contributed by atoms with Crippen molar-refractivity contribution < 1.29 is 18.4 Å². The van der Waals surface area contributed by atoms with E-state index in [-0.39, 0.29) is 35.8 Å². The molecule has 1 aromatic carbocycles. The summed E-state index contributed by atoms with van der Waals surface area (Å²) in [5, 5.41) is 3.00. The number of benzene rings is 1. The van der Waals surface area contributed by atoms with Crippen LogP contribution in [0.1, 0.15) is 50.5 Å². The largest absolute Gasteiger partial charge is 0.355 e. The number of rotatable bonds is 6. The van der Waals surface area contributed by atoms with Crippen molar-refractivity contribution in [1.29, 1.82) is 0 Å². The zero-order valence-electron chi connectivity index (χ0n) is 16.3. The van der Waals surface area contributed by atoms with Crippen molar-refractivity contribution in [3.05, 3.63) is 35.4 Å². The Hall–Kier alpha value is -1.98. The lowest BCUT2D eigenvalue weighted by molar-refractivity contribution is -0.146. The van der Waals surface area contributed by atoms with Crippen LogP contribution in [0.5, 0.6) is 0 Å². The van der Waals surface area contributed by atoms with E-state index in [9.17, 15) is 18.4 Å². The minimum absolute atomic E-state index is 0.0773. The first kappa shape index (κ1) is 19.3. The van der Waals surface area contributed by atoms with Crippen LogP contribution in [0.4, 0.5) is 8.78 Å². The van der Waals surface area contributed by atoms with E-state index in [2.05, 4.69) is 5.32 Å². The molecule has 152 valence electrons. The summed E-state index contributed by atoms with van der Waals surface area (Å²) < 4.78 is 26.8. The Kier molecular flexibility index (Phi) is 5.15. The minimum atomic E-state index is -0.658. The summed E-state index contributed by atoms with van der Waals surface area (Å²) in [4.78, 5) is 26.6. The molecule has 4 aliphatic rings. The lowest BCUT2D eigenvalue weighted by Gasteiger charge is -2.55. The lowest BCUT2D eigenvalue weighted by atomic mass is 9.49. The fraction of sp³-hybridized carbons (Fsp3) is 0.636. The molecular formula is C22H28F2N2O2. The molecule has 0 aliphatic heterocycles. The standard InChI is InChI=1S/C22H28F2N2O2/c1-26(13-17-2-3-18(23)9-19(17)24)20(27)4-5-25-21(28)22-10-14-6-15(11-22)8-16(7-14)12-22/h2-3,9,14-16H,4-8,10-13H2,1H3,(H,25,28). The van der Waals surface area contributed by atoms with E-state index >= 15 is 0 Å². The molecule has 0 atom stereocenters. The maximum absolute atomic E-state index is 13.8. The highest BCUT2D eigenvalue weighted by molar-refractivity contribution is 5.84. The van der Waals surface area contributed by atoms with Crippen molar-refractivity contribution in [2.24, 2.45) is 23.2 Å². The van der Waals surface area contributed by atoms with E-state index in [4.69, 9.17) is 0 Å². The summed E-state index contributed by atoms with van der Waals surface area (Å²) in [7, 11) is 1.59. The average Bonchev–Trinajstić information content (AvgIpc) is 2.62. The summed E-state index contributed by atoms with van der Waals surface area (Å²) in [6.45, 7) is 0.378. The van der Waals surface area contributed by atoms with E-state index < -0.39 is 11.6 Å². The number of nitrogens with zero attached hydrogens (tertiary/aromatic N) is 1. The molecule has 4 aliphatic carbocycles. The zero-order chi connectivity index (χ0) is 19.9. The van der Waals surface area contributed by atoms with E-state index in [1.165, 1.54) is 36.3 Å². The Labute approximate surface area is 164 Å². The van der Waals surface area contributed by atoms with Crippen LogP contribution in [-0.2, 0) is 16.1 Å². The Morgan fingerprint density at radius 3 is 2.29 bits per heavy atom. The molecule has 4 nitrogen and oxygen atoms in total. The normalized spacial score (nSPS) is 30.3. The molecule has 0 saturated heterocycles. The smallest absolute Gasteiger partial charge is 0.226 e. The SMILES string of the molecule is CN(Cc1ccc(F)cc1F)C(=O)CCNC(=O)C12CC3CC(CC(C3)C1)C2. The molecule has 1 aromatic rings. The molecular weight excluding hydrogens is 362 g/mol. The van der Waals surface area contributed by atoms with Crippen LogP contribution in [-0.4, -0.2) is 30.3 Å². The number of hydrogen-bond donors (Lipinski definition) is 1. The minimum Gasteiger partial charge on any atom is -0.355 e. The van der Waals surface area contributed by atoms with Gasteiger partial charge >= 0.3 is 0 Å². The van der Waals surface area contributed by atoms with Crippen LogP contribution in [0, 0.1) is 34.8 Å². The highest BCUT2D eigenvalue weighted by Crippen LogP contribution is 2.60. The van der Waals surface area contributed by atoms with Crippen LogP contribution in [0.3, 0.4) is 0 Å². The Morgan fingerprint density at radius 1 is 1.11 bits per heavy atom. The van der Waals surface area contributed by atoms with Crippen LogP contribution < -0.4 is 5.32 Å². The number of carbonyl (C=O) groups is 2. The van der Waals surface area contributed by atoms with Crippen molar-refractivity contribution in [3.8, 4) is 0 Å². The highest BCUT2D eigenvalue weighted by atomic mass is 19.1. The van der Waals surface area contributed by atoms with Gasteiger partial charge in [-0.05, 0) is 62.3 Å². The van der Waals surface area contributed by atoms with Crippen molar-refractivity contribution in [1.82, 2.24) is 10.2 Å². The Morgan fingerprint density at radius 2 is 1.71 bits per heavy atom. The quantitative estimate of drug-likeness (QED) is 0.806. The molecule has 0 aromatic heterocycles. The number of nitrogens with one attached hydrogen (secondary N) is 1. The van der Waals surface area contributed by atoms with Gasteiger partial charge in [0, 0.05) is 43.6 Å². The Bertz CT molecular complexity index is 745. The zero-order valence-corrected chi connectivity index (χ0v) is 16.3. The fourth-order valence-electron chi connectivity index (χ4n) is 6.04. The van der Waals surface area contributed by atoms with Crippen LogP contribution >= 0.6 is 0 Å². The molecule has 28 heavy (non-hydrogen) atoms. The van der Waals surface area contributed by atoms with Crippen molar-refractivity contribution in [2.45, 2.75) is 51.5 Å². The molecule has 0 heterocycles. The van der Waals surface area contributed by atoms with Gasteiger partial charge in [0.2, 0.25) is 11.8 Å². The molecule has 2 amide bonds. The molecule has 0 radical (unpaired) electrons. The molecule has 1 N–H and O–H groups in total. The molecule has 0 spiro atoms.